The first kappa shape index (κ1) is 13.5. The van der Waals surface area contributed by atoms with Gasteiger partial charge < -0.3 is 9.31 Å². The van der Waals surface area contributed by atoms with Gasteiger partial charge in [-0.05, 0) is 6.42 Å². The highest BCUT2D eigenvalue weighted by Gasteiger charge is 2.62. The van der Waals surface area contributed by atoms with Crippen LogP contribution in [-0.4, -0.2) is 18.5 Å². The van der Waals surface area contributed by atoms with Crippen LogP contribution in [0.15, 0.2) is 36.4 Å². The van der Waals surface area contributed by atoms with Crippen LogP contribution in [-0.2, 0) is 18.9 Å². The van der Waals surface area contributed by atoms with Crippen LogP contribution in [0.2, 0.25) is 0 Å². The zero-order valence-corrected chi connectivity index (χ0v) is 11.0. The van der Waals surface area contributed by atoms with E-state index >= 15 is 0 Å². The molecule has 2 rings (SSSR count). The van der Waals surface area contributed by atoms with Gasteiger partial charge in [-0.2, -0.15) is 0 Å². The first-order valence-electron chi connectivity index (χ1n) is 6.61. The van der Waals surface area contributed by atoms with E-state index in [1.54, 1.807) is 12.1 Å². The van der Waals surface area contributed by atoms with Gasteiger partial charge in [-0.25, -0.2) is 0 Å². The van der Waals surface area contributed by atoms with Crippen LogP contribution in [0.4, 0.5) is 0 Å². The maximum atomic E-state index is 11.3. The second-order valence-electron chi connectivity index (χ2n) is 4.75. The molecule has 2 aliphatic heterocycles. The average molecular weight is 260 g/mol. The van der Waals surface area contributed by atoms with Gasteiger partial charge in [0.25, 0.3) is 0 Å². The predicted octanol–water partition coefficient (Wildman–Crippen LogP) is 2.44. The van der Waals surface area contributed by atoms with Gasteiger partial charge in [-0.1, -0.05) is 43.7 Å². The van der Waals surface area contributed by atoms with E-state index in [1.807, 2.05) is 18.2 Å². The molecule has 0 spiro atoms. The lowest BCUT2D eigenvalue weighted by molar-refractivity contribution is -0.138. The summed E-state index contributed by atoms with van der Waals surface area (Å²) in [6.07, 6.45) is 12.1. The molecule has 2 saturated heterocycles. The highest BCUT2D eigenvalue weighted by atomic mass is 16.7. The van der Waals surface area contributed by atoms with E-state index in [0.717, 1.165) is 18.7 Å². The Hall–Kier alpha value is -1.91. The molecule has 0 aromatic rings. The summed E-state index contributed by atoms with van der Waals surface area (Å²) in [4.78, 5) is 22.6. The van der Waals surface area contributed by atoms with Gasteiger partial charge in [0, 0.05) is 5.82 Å². The Morgan fingerprint density at radius 1 is 1.11 bits per heavy atom. The SMILES string of the molecule is CCC\C=C/C=C\C=C\[B-]12OC(=O)C[C+]1CC(=O)O2. The zero-order chi connectivity index (χ0) is 13.7. The molecule has 2 aliphatic rings. The fourth-order valence-electron chi connectivity index (χ4n) is 2.28. The van der Waals surface area contributed by atoms with Gasteiger partial charge in [0.15, 0.2) is 0 Å². The van der Waals surface area contributed by atoms with E-state index in [2.05, 4.69) is 13.0 Å². The second kappa shape index (κ2) is 5.82. The molecule has 19 heavy (non-hydrogen) atoms. The number of carbonyl (C=O) groups is 2. The minimum Gasteiger partial charge on any atom is -0.610 e. The van der Waals surface area contributed by atoms with Crippen LogP contribution >= 0.6 is 0 Å². The van der Waals surface area contributed by atoms with Gasteiger partial charge in [0.05, 0.1) is 0 Å². The maximum Gasteiger partial charge on any atom is 0.581 e. The Morgan fingerprint density at radius 2 is 1.74 bits per heavy atom. The van der Waals surface area contributed by atoms with Crippen LogP contribution in [0, 0.1) is 5.82 Å². The minimum absolute atomic E-state index is 0.191. The number of allylic oxidation sites excluding steroid dienone is 5. The van der Waals surface area contributed by atoms with Crippen molar-refractivity contribution < 1.29 is 18.9 Å². The van der Waals surface area contributed by atoms with E-state index in [4.69, 9.17) is 9.31 Å². The lowest BCUT2D eigenvalue weighted by Crippen LogP contribution is -2.37. The highest BCUT2D eigenvalue weighted by Crippen LogP contribution is 2.40. The summed E-state index contributed by atoms with van der Waals surface area (Å²) in [6.45, 7) is 0.159. The van der Waals surface area contributed by atoms with Crippen molar-refractivity contribution in [3.05, 3.63) is 42.2 Å². The molecule has 0 saturated carbocycles. The van der Waals surface area contributed by atoms with Gasteiger partial charge in [0.2, 0.25) is 0 Å². The van der Waals surface area contributed by atoms with Crippen molar-refractivity contribution in [2.75, 3.05) is 0 Å². The Kier molecular flexibility index (Phi) is 4.15. The molecule has 0 N–H and O–H groups in total. The van der Waals surface area contributed by atoms with Crippen LogP contribution in [0.3, 0.4) is 0 Å². The third-order valence-electron chi connectivity index (χ3n) is 3.21. The molecule has 0 aromatic carbocycles. The third kappa shape index (κ3) is 3.10. The van der Waals surface area contributed by atoms with Crippen LogP contribution in [0.1, 0.15) is 32.6 Å². The van der Waals surface area contributed by atoms with Crippen molar-refractivity contribution >= 4 is 18.5 Å². The fourth-order valence-corrected chi connectivity index (χ4v) is 2.28. The monoisotopic (exact) mass is 260 g/mol. The molecular formula is C14H17BO4. The fraction of sp³-hybridized carbons (Fsp3) is 0.357. The van der Waals surface area contributed by atoms with Crippen molar-refractivity contribution in [2.24, 2.45) is 0 Å². The molecule has 0 atom stereocenters. The summed E-state index contributed by atoms with van der Waals surface area (Å²) in [6, 6.07) is 0. The molecule has 5 heteroatoms. The molecule has 0 aromatic heterocycles. The highest BCUT2D eigenvalue weighted by molar-refractivity contribution is 6.84. The minimum atomic E-state index is -1.96. The Balaban J connectivity index is 1.96. The van der Waals surface area contributed by atoms with Gasteiger partial charge >= 0.3 is 18.5 Å². The Morgan fingerprint density at radius 3 is 2.37 bits per heavy atom. The van der Waals surface area contributed by atoms with E-state index < -0.39 is 6.55 Å². The van der Waals surface area contributed by atoms with Crippen LogP contribution < -0.4 is 0 Å². The molecule has 2 heterocycles. The molecule has 4 nitrogen and oxygen atoms in total. The van der Waals surface area contributed by atoms with Crippen molar-refractivity contribution in [3.63, 3.8) is 0 Å². The van der Waals surface area contributed by atoms with Crippen molar-refractivity contribution in [1.82, 2.24) is 0 Å². The quantitative estimate of drug-likeness (QED) is 0.433. The molecule has 100 valence electrons. The topological polar surface area (TPSA) is 52.6 Å². The molecule has 0 unspecified atom stereocenters. The maximum absolute atomic E-state index is 11.3. The number of hydrogen-bond acceptors (Lipinski definition) is 4. The van der Waals surface area contributed by atoms with Crippen molar-refractivity contribution in [2.45, 2.75) is 32.6 Å². The van der Waals surface area contributed by atoms with Crippen molar-refractivity contribution in [3.8, 4) is 0 Å². The summed E-state index contributed by atoms with van der Waals surface area (Å²) >= 11 is 0. The van der Waals surface area contributed by atoms with Crippen molar-refractivity contribution in [1.29, 1.82) is 0 Å². The molecule has 2 fully saturated rings. The van der Waals surface area contributed by atoms with E-state index in [0.29, 0.717) is 0 Å². The smallest absolute Gasteiger partial charge is 0.581 e. The summed E-state index contributed by atoms with van der Waals surface area (Å²) in [7, 11) is 0. The standard InChI is InChI=1S/C14H17BO4/c1-2-3-4-5-6-7-8-9-15-12(10-13(16)18-15)11-14(17)19-15/h4-9H,2-3,10-11H2,1H3/b5-4-,7-6-,9-8+. The summed E-state index contributed by atoms with van der Waals surface area (Å²) in [5.74, 6) is 1.79. The van der Waals surface area contributed by atoms with E-state index in [1.165, 1.54) is 0 Å². The molecular weight excluding hydrogens is 243 g/mol. The molecule has 0 amide bonds. The number of fused-ring (bicyclic) bond motifs is 1. The third-order valence-corrected chi connectivity index (χ3v) is 3.21. The summed E-state index contributed by atoms with van der Waals surface area (Å²) in [5.41, 5.74) is 0. The molecule has 0 aliphatic carbocycles. The Labute approximate surface area is 113 Å². The Bertz CT molecular complexity index is 430. The predicted molar refractivity (Wildman–Crippen MR) is 72.7 cm³/mol. The summed E-state index contributed by atoms with van der Waals surface area (Å²) in [5, 5.41) is 0. The molecule has 0 bridgehead atoms. The normalized spacial score (nSPS) is 21.6. The number of unbranched alkanes of at least 4 members (excludes halogenated alkanes) is 1. The second-order valence-corrected chi connectivity index (χ2v) is 4.75. The van der Waals surface area contributed by atoms with E-state index in [-0.39, 0.29) is 24.8 Å². The largest absolute Gasteiger partial charge is 0.610 e. The zero-order valence-electron chi connectivity index (χ0n) is 11.0. The molecule has 0 radical (unpaired) electrons. The van der Waals surface area contributed by atoms with Crippen LogP contribution in [0.5, 0.6) is 0 Å². The lowest BCUT2D eigenvalue weighted by atomic mass is 9.49. The number of rotatable bonds is 5. The van der Waals surface area contributed by atoms with E-state index in [9.17, 15) is 9.59 Å². The lowest BCUT2D eigenvalue weighted by Gasteiger charge is -2.20. The first-order valence-corrected chi connectivity index (χ1v) is 6.61. The summed E-state index contributed by atoms with van der Waals surface area (Å²) < 4.78 is 10.4. The average Bonchev–Trinajstić information content (AvgIpc) is 2.79. The van der Waals surface area contributed by atoms with Crippen LogP contribution in [0.25, 0.3) is 0 Å². The van der Waals surface area contributed by atoms with Gasteiger partial charge in [-0.3, -0.25) is 9.59 Å². The van der Waals surface area contributed by atoms with Gasteiger partial charge in [0.1, 0.15) is 12.8 Å². The number of hydrogen-bond donors (Lipinski definition) is 0. The van der Waals surface area contributed by atoms with Gasteiger partial charge in [-0.15, -0.1) is 5.98 Å². The first-order chi connectivity index (χ1) is 9.16. The number of carbonyl (C=O) groups excluding carboxylic acids is 2.